The van der Waals surface area contributed by atoms with Gasteiger partial charge in [0.25, 0.3) is 0 Å². The third-order valence-corrected chi connectivity index (χ3v) is 5.82. The second-order valence-electron chi connectivity index (χ2n) is 8.08. The number of esters is 1. The molecule has 0 aromatic heterocycles. The maximum Gasteiger partial charge on any atom is 0.333 e. The summed E-state index contributed by atoms with van der Waals surface area (Å²) < 4.78 is 5.28. The van der Waals surface area contributed by atoms with E-state index >= 15 is 0 Å². The van der Waals surface area contributed by atoms with Crippen molar-refractivity contribution in [2.45, 2.75) is 58.7 Å². The van der Waals surface area contributed by atoms with Crippen molar-refractivity contribution in [2.75, 3.05) is 0 Å². The van der Waals surface area contributed by atoms with Gasteiger partial charge < -0.3 is 9.84 Å². The average Bonchev–Trinajstić information content (AvgIpc) is 2.72. The molecule has 1 saturated carbocycles. The van der Waals surface area contributed by atoms with E-state index in [0.29, 0.717) is 11.5 Å². The number of hydrogen-bond donors (Lipinski definition) is 1. The predicted molar refractivity (Wildman–Crippen MR) is 113 cm³/mol. The lowest BCUT2D eigenvalue weighted by Gasteiger charge is -2.26. The molecule has 3 nitrogen and oxygen atoms in total. The van der Waals surface area contributed by atoms with Crippen molar-refractivity contribution < 1.29 is 14.6 Å². The molecule has 1 fully saturated rings. The molecule has 0 bridgehead atoms. The van der Waals surface area contributed by atoms with E-state index in [9.17, 15) is 9.90 Å². The molecule has 0 atom stereocenters. The van der Waals surface area contributed by atoms with Crippen molar-refractivity contribution in [3.8, 4) is 11.1 Å². The first-order valence-corrected chi connectivity index (χ1v) is 10.1. The van der Waals surface area contributed by atoms with Gasteiger partial charge in [-0.1, -0.05) is 62.7 Å². The van der Waals surface area contributed by atoms with Crippen LogP contribution in [0.5, 0.6) is 0 Å². The van der Waals surface area contributed by atoms with Crippen LogP contribution in [0.2, 0.25) is 0 Å². The monoisotopic (exact) mass is 378 g/mol. The summed E-state index contributed by atoms with van der Waals surface area (Å²) in [7, 11) is 0. The zero-order chi connectivity index (χ0) is 20.1. The van der Waals surface area contributed by atoms with Gasteiger partial charge in [-0.05, 0) is 65.5 Å². The van der Waals surface area contributed by atoms with E-state index in [0.717, 1.165) is 28.2 Å². The van der Waals surface area contributed by atoms with Crippen LogP contribution in [-0.2, 0) is 22.7 Å². The Morgan fingerprint density at radius 1 is 1.04 bits per heavy atom. The standard InChI is InChI=1S/C25H30O3/c1-17(2)25(27)28-16-24-14-22(12-13-23(24)15-26)21-10-8-20(9-11-21)19-6-4-18(3)5-7-19/h8-14,18-19,26H,1,4-7,15-16H2,2-3H3. The molecular weight excluding hydrogens is 348 g/mol. The predicted octanol–water partition coefficient (Wildman–Crippen LogP) is 5.76. The van der Waals surface area contributed by atoms with Crippen molar-refractivity contribution in [2.24, 2.45) is 5.92 Å². The summed E-state index contributed by atoms with van der Waals surface area (Å²) >= 11 is 0. The van der Waals surface area contributed by atoms with Crippen LogP contribution in [0.4, 0.5) is 0 Å². The number of rotatable bonds is 6. The molecule has 2 aromatic rings. The number of carbonyl (C=O) groups excluding carboxylic acids is 1. The first kappa shape index (κ1) is 20.3. The Morgan fingerprint density at radius 2 is 1.68 bits per heavy atom. The first-order valence-electron chi connectivity index (χ1n) is 10.1. The molecular formula is C25H30O3. The summed E-state index contributed by atoms with van der Waals surface area (Å²) in [5.74, 6) is 1.12. The highest BCUT2D eigenvalue weighted by Gasteiger charge is 2.19. The van der Waals surface area contributed by atoms with Gasteiger partial charge in [0.05, 0.1) is 6.61 Å². The molecule has 1 aliphatic rings. The van der Waals surface area contributed by atoms with Crippen LogP contribution in [0.3, 0.4) is 0 Å². The van der Waals surface area contributed by atoms with Crippen LogP contribution in [0.15, 0.2) is 54.6 Å². The lowest BCUT2D eigenvalue weighted by atomic mass is 9.79. The molecule has 2 aromatic carbocycles. The summed E-state index contributed by atoms with van der Waals surface area (Å²) in [6.07, 6.45) is 5.20. The summed E-state index contributed by atoms with van der Waals surface area (Å²) in [4.78, 5) is 11.7. The Bertz CT molecular complexity index is 827. The minimum atomic E-state index is -0.416. The number of benzene rings is 2. The summed E-state index contributed by atoms with van der Waals surface area (Å²) in [6.45, 7) is 7.62. The summed E-state index contributed by atoms with van der Waals surface area (Å²) in [5.41, 5.74) is 5.58. The van der Waals surface area contributed by atoms with E-state index < -0.39 is 5.97 Å². The Morgan fingerprint density at radius 3 is 2.29 bits per heavy atom. The van der Waals surface area contributed by atoms with Crippen molar-refractivity contribution in [1.29, 1.82) is 0 Å². The van der Waals surface area contributed by atoms with Crippen LogP contribution in [-0.4, -0.2) is 11.1 Å². The minimum absolute atomic E-state index is 0.0841. The Balaban J connectivity index is 1.76. The highest BCUT2D eigenvalue weighted by molar-refractivity contribution is 5.86. The Labute approximate surface area is 168 Å². The van der Waals surface area contributed by atoms with Gasteiger partial charge in [-0.3, -0.25) is 0 Å². The fourth-order valence-electron chi connectivity index (χ4n) is 3.90. The molecule has 0 aliphatic heterocycles. The number of aliphatic hydroxyl groups excluding tert-OH is 1. The SMILES string of the molecule is C=C(C)C(=O)OCc1cc(-c2ccc(C3CCC(C)CC3)cc2)ccc1CO. The summed E-state index contributed by atoms with van der Waals surface area (Å²) in [5, 5.41) is 9.60. The van der Waals surface area contributed by atoms with Gasteiger partial charge in [-0.15, -0.1) is 0 Å². The van der Waals surface area contributed by atoms with E-state index in [1.54, 1.807) is 6.92 Å². The van der Waals surface area contributed by atoms with E-state index in [1.807, 2.05) is 18.2 Å². The van der Waals surface area contributed by atoms with Crippen LogP contribution in [0.25, 0.3) is 11.1 Å². The molecule has 3 heteroatoms. The van der Waals surface area contributed by atoms with Gasteiger partial charge in [-0.2, -0.15) is 0 Å². The molecule has 3 rings (SSSR count). The van der Waals surface area contributed by atoms with Crippen molar-refractivity contribution in [1.82, 2.24) is 0 Å². The van der Waals surface area contributed by atoms with Gasteiger partial charge in [0.1, 0.15) is 6.61 Å². The zero-order valence-electron chi connectivity index (χ0n) is 16.9. The first-order chi connectivity index (χ1) is 13.5. The molecule has 0 saturated heterocycles. The normalized spacial score (nSPS) is 19.2. The lowest BCUT2D eigenvalue weighted by molar-refractivity contribution is -0.140. The third-order valence-electron chi connectivity index (χ3n) is 5.82. The van der Waals surface area contributed by atoms with Gasteiger partial charge in [0, 0.05) is 5.57 Å². The second-order valence-corrected chi connectivity index (χ2v) is 8.08. The molecule has 0 amide bonds. The minimum Gasteiger partial charge on any atom is -0.457 e. The van der Waals surface area contributed by atoms with Crippen LogP contribution in [0, 0.1) is 5.92 Å². The highest BCUT2D eigenvalue weighted by atomic mass is 16.5. The number of ether oxygens (including phenoxy) is 1. The number of aliphatic hydroxyl groups is 1. The van der Waals surface area contributed by atoms with Crippen LogP contribution >= 0.6 is 0 Å². The molecule has 0 spiro atoms. The van der Waals surface area contributed by atoms with Crippen LogP contribution < -0.4 is 0 Å². The molecule has 28 heavy (non-hydrogen) atoms. The van der Waals surface area contributed by atoms with Gasteiger partial charge in [0.15, 0.2) is 0 Å². The second kappa shape index (κ2) is 9.20. The summed E-state index contributed by atoms with van der Waals surface area (Å²) in [6, 6.07) is 14.7. The number of hydrogen-bond acceptors (Lipinski definition) is 3. The quantitative estimate of drug-likeness (QED) is 0.513. The zero-order valence-corrected chi connectivity index (χ0v) is 16.9. The van der Waals surface area contributed by atoms with E-state index in [-0.39, 0.29) is 13.2 Å². The maximum atomic E-state index is 11.7. The Hall–Kier alpha value is -2.39. The fraction of sp³-hybridized carbons (Fsp3) is 0.400. The van der Waals surface area contributed by atoms with Gasteiger partial charge >= 0.3 is 5.97 Å². The topological polar surface area (TPSA) is 46.5 Å². The van der Waals surface area contributed by atoms with E-state index in [2.05, 4.69) is 37.8 Å². The smallest absolute Gasteiger partial charge is 0.333 e. The molecule has 0 unspecified atom stereocenters. The maximum absolute atomic E-state index is 11.7. The van der Waals surface area contributed by atoms with E-state index in [1.165, 1.54) is 31.2 Å². The molecule has 0 radical (unpaired) electrons. The fourth-order valence-corrected chi connectivity index (χ4v) is 3.90. The van der Waals surface area contributed by atoms with Gasteiger partial charge in [-0.25, -0.2) is 4.79 Å². The highest BCUT2D eigenvalue weighted by Crippen LogP contribution is 2.36. The van der Waals surface area contributed by atoms with Crippen molar-refractivity contribution >= 4 is 5.97 Å². The lowest BCUT2D eigenvalue weighted by Crippen LogP contribution is -2.10. The molecule has 1 aliphatic carbocycles. The molecule has 1 N–H and O–H groups in total. The van der Waals surface area contributed by atoms with Crippen LogP contribution in [0.1, 0.15) is 62.1 Å². The largest absolute Gasteiger partial charge is 0.457 e. The van der Waals surface area contributed by atoms with E-state index in [4.69, 9.17) is 4.74 Å². The van der Waals surface area contributed by atoms with Crippen molar-refractivity contribution in [3.05, 3.63) is 71.3 Å². The average molecular weight is 379 g/mol. The van der Waals surface area contributed by atoms with Gasteiger partial charge in [0.2, 0.25) is 0 Å². The molecule has 0 heterocycles. The molecule has 148 valence electrons. The number of carbonyl (C=O) groups is 1. The Kier molecular flexibility index (Phi) is 6.69. The third kappa shape index (κ3) is 4.90. The van der Waals surface area contributed by atoms with Crippen molar-refractivity contribution in [3.63, 3.8) is 0 Å².